The predicted octanol–water partition coefficient (Wildman–Crippen LogP) is 1.84. The van der Waals surface area contributed by atoms with Crippen molar-refractivity contribution in [2.75, 3.05) is 13.6 Å². The lowest BCUT2D eigenvalue weighted by Gasteiger charge is -2.17. The minimum Gasteiger partial charge on any atom is -0.386 e. The van der Waals surface area contributed by atoms with E-state index in [-0.39, 0.29) is 6.54 Å². The molecule has 1 unspecified atom stereocenters. The highest BCUT2D eigenvalue weighted by atomic mass is 35.5. The zero-order valence-electron chi connectivity index (χ0n) is 9.64. The summed E-state index contributed by atoms with van der Waals surface area (Å²) in [6.45, 7) is 0.278. The van der Waals surface area contributed by atoms with Crippen molar-refractivity contribution in [3.05, 3.63) is 21.3 Å². The maximum atomic E-state index is 9.89. The second kappa shape index (κ2) is 5.25. The summed E-state index contributed by atoms with van der Waals surface area (Å²) < 4.78 is 0.672. The van der Waals surface area contributed by atoms with Crippen LogP contribution >= 0.6 is 22.9 Å². The highest BCUT2D eigenvalue weighted by molar-refractivity contribution is 7.16. The first-order valence-corrected chi connectivity index (χ1v) is 6.73. The van der Waals surface area contributed by atoms with Gasteiger partial charge in [0, 0.05) is 18.0 Å². The molecule has 0 aromatic carbocycles. The molecule has 0 spiro atoms. The van der Waals surface area contributed by atoms with Crippen molar-refractivity contribution in [3.63, 3.8) is 0 Å². The molecule has 0 radical (unpaired) electrons. The largest absolute Gasteiger partial charge is 0.386 e. The summed E-state index contributed by atoms with van der Waals surface area (Å²) in [6, 6.07) is 4.12. The third kappa shape index (κ3) is 3.34. The van der Waals surface area contributed by atoms with Crippen LogP contribution in [-0.2, 0) is 0 Å². The van der Waals surface area contributed by atoms with Gasteiger partial charge in [-0.25, -0.2) is 0 Å². The lowest BCUT2D eigenvalue weighted by atomic mass is 10.3. The van der Waals surface area contributed by atoms with E-state index in [1.54, 1.807) is 6.07 Å². The molecule has 1 aliphatic carbocycles. The van der Waals surface area contributed by atoms with Crippen molar-refractivity contribution in [2.24, 2.45) is 10.7 Å². The number of thiophene rings is 1. The second-order valence-corrected chi connectivity index (χ2v) is 5.95. The van der Waals surface area contributed by atoms with Gasteiger partial charge in [-0.3, -0.25) is 4.99 Å². The first-order chi connectivity index (χ1) is 8.08. The number of guanidine groups is 1. The standard InChI is InChI=1S/C11H16ClN3OS/c1-15(7-2-3-7)11(13)14-6-8(16)9-4-5-10(12)17-9/h4-5,7-8,16H,2-3,6H2,1H3,(H2,13,14). The molecule has 1 aromatic rings. The third-order valence-corrected chi connectivity index (χ3v) is 4.14. The number of hydrogen-bond donors (Lipinski definition) is 2. The van der Waals surface area contributed by atoms with E-state index in [2.05, 4.69) is 4.99 Å². The Morgan fingerprint density at radius 1 is 1.71 bits per heavy atom. The summed E-state index contributed by atoms with van der Waals surface area (Å²) in [5, 5.41) is 9.89. The second-order valence-electron chi connectivity index (χ2n) is 4.20. The molecule has 1 aromatic heterocycles. The summed E-state index contributed by atoms with van der Waals surface area (Å²) in [5.74, 6) is 0.495. The number of rotatable bonds is 4. The van der Waals surface area contributed by atoms with Gasteiger partial charge >= 0.3 is 0 Å². The Hall–Kier alpha value is -0.780. The van der Waals surface area contributed by atoms with E-state index in [1.807, 2.05) is 18.0 Å². The van der Waals surface area contributed by atoms with Crippen LogP contribution in [-0.4, -0.2) is 35.6 Å². The zero-order valence-corrected chi connectivity index (χ0v) is 11.2. The molecule has 1 heterocycles. The van der Waals surface area contributed by atoms with Gasteiger partial charge in [0.1, 0.15) is 6.10 Å². The number of aliphatic hydroxyl groups is 1. The van der Waals surface area contributed by atoms with E-state index in [1.165, 1.54) is 24.2 Å². The zero-order chi connectivity index (χ0) is 12.4. The minimum absolute atomic E-state index is 0.278. The van der Waals surface area contributed by atoms with Crippen LogP contribution in [0.4, 0.5) is 0 Å². The van der Waals surface area contributed by atoms with Crippen molar-refractivity contribution in [1.29, 1.82) is 0 Å². The Labute approximate surface area is 110 Å². The Bertz CT molecular complexity index is 417. The van der Waals surface area contributed by atoms with E-state index in [4.69, 9.17) is 17.3 Å². The van der Waals surface area contributed by atoms with Crippen LogP contribution in [0.15, 0.2) is 17.1 Å². The molecule has 6 heteroatoms. The van der Waals surface area contributed by atoms with Gasteiger partial charge in [-0.1, -0.05) is 11.6 Å². The fourth-order valence-corrected chi connectivity index (χ4v) is 2.58. The molecule has 17 heavy (non-hydrogen) atoms. The summed E-state index contributed by atoms with van der Waals surface area (Å²) in [7, 11) is 1.94. The van der Waals surface area contributed by atoms with Crippen LogP contribution in [0.3, 0.4) is 0 Å². The normalized spacial score (nSPS) is 18.2. The van der Waals surface area contributed by atoms with Crippen LogP contribution in [0.2, 0.25) is 4.34 Å². The summed E-state index contributed by atoms with van der Waals surface area (Å²) >= 11 is 7.17. The van der Waals surface area contributed by atoms with Crippen LogP contribution in [0, 0.1) is 0 Å². The Morgan fingerprint density at radius 3 is 2.94 bits per heavy atom. The maximum absolute atomic E-state index is 9.89. The molecule has 2 rings (SSSR count). The van der Waals surface area contributed by atoms with Gasteiger partial charge in [-0.15, -0.1) is 11.3 Å². The monoisotopic (exact) mass is 273 g/mol. The van der Waals surface area contributed by atoms with Crippen molar-refractivity contribution in [3.8, 4) is 0 Å². The molecule has 1 atom stereocenters. The Morgan fingerprint density at radius 2 is 2.41 bits per heavy atom. The molecule has 1 saturated carbocycles. The fraction of sp³-hybridized carbons (Fsp3) is 0.545. The van der Waals surface area contributed by atoms with Gasteiger partial charge in [0.05, 0.1) is 10.9 Å². The van der Waals surface area contributed by atoms with Crippen molar-refractivity contribution in [2.45, 2.75) is 25.0 Å². The van der Waals surface area contributed by atoms with Gasteiger partial charge in [0.25, 0.3) is 0 Å². The lowest BCUT2D eigenvalue weighted by molar-refractivity contribution is 0.190. The van der Waals surface area contributed by atoms with E-state index >= 15 is 0 Å². The first-order valence-electron chi connectivity index (χ1n) is 5.54. The highest BCUT2D eigenvalue weighted by Crippen LogP contribution is 2.27. The van der Waals surface area contributed by atoms with Gasteiger partial charge in [0.15, 0.2) is 5.96 Å². The van der Waals surface area contributed by atoms with E-state index in [0.717, 1.165) is 4.88 Å². The van der Waals surface area contributed by atoms with Gasteiger partial charge in [-0.2, -0.15) is 0 Å². The van der Waals surface area contributed by atoms with Crippen molar-refractivity contribution in [1.82, 2.24) is 4.90 Å². The molecular weight excluding hydrogens is 258 g/mol. The molecule has 0 saturated heterocycles. The summed E-state index contributed by atoms with van der Waals surface area (Å²) in [4.78, 5) is 6.99. The van der Waals surface area contributed by atoms with E-state index in [9.17, 15) is 5.11 Å². The fourth-order valence-electron chi connectivity index (χ4n) is 1.54. The van der Waals surface area contributed by atoms with Crippen LogP contribution < -0.4 is 5.73 Å². The quantitative estimate of drug-likeness (QED) is 0.650. The molecule has 4 nitrogen and oxygen atoms in total. The van der Waals surface area contributed by atoms with E-state index in [0.29, 0.717) is 16.3 Å². The SMILES string of the molecule is CN(C(N)=NCC(O)c1ccc(Cl)s1)C1CC1. The summed E-state index contributed by atoms with van der Waals surface area (Å²) in [6.07, 6.45) is 1.73. The smallest absolute Gasteiger partial charge is 0.191 e. The number of nitrogens with zero attached hydrogens (tertiary/aromatic N) is 2. The molecule has 0 bridgehead atoms. The molecule has 1 aliphatic rings. The van der Waals surface area contributed by atoms with Crippen LogP contribution in [0.1, 0.15) is 23.8 Å². The molecule has 1 fully saturated rings. The third-order valence-electron chi connectivity index (χ3n) is 2.80. The molecule has 3 N–H and O–H groups in total. The number of aliphatic hydroxyl groups excluding tert-OH is 1. The average Bonchev–Trinajstić information content (AvgIpc) is 3.07. The number of nitrogens with two attached hydrogens (primary N) is 1. The summed E-state index contributed by atoms with van der Waals surface area (Å²) in [5.41, 5.74) is 5.83. The number of hydrogen-bond acceptors (Lipinski definition) is 3. The average molecular weight is 274 g/mol. The molecule has 0 aliphatic heterocycles. The lowest BCUT2D eigenvalue weighted by Crippen LogP contribution is -2.36. The van der Waals surface area contributed by atoms with E-state index < -0.39 is 6.10 Å². The number of halogens is 1. The van der Waals surface area contributed by atoms with Crippen LogP contribution in [0.25, 0.3) is 0 Å². The molecule has 94 valence electrons. The van der Waals surface area contributed by atoms with Crippen molar-refractivity contribution < 1.29 is 5.11 Å². The minimum atomic E-state index is -0.626. The van der Waals surface area contributed by atoms with Gasteiger partial charge < -0.3 is 15.7 Å². The maximum Gasteiger partial charge on any atom is 0.191 e. The first kappa shape index (κ1) is 12.7. The van der Waals surface area contributed by atoms with Gasteiger partial charge in [-0.05, 0) is 25.0 Å². The Balaban J connectivity index is 1.90. The van der Waals surface area contributed by atoms with Crippen molar-refractivity contribution >= 4 is 28.9 Å². The Kier molecular flexibility index (Phi) is 3.91. The molecule has 0 amide bonds. The molecular formula is C11H16ClN3OS. The van der Waals surface area contributed by atoms with Crippen LogP contribution in [0.5, 0.6) is 0 Å². The topological polar surface area (TPSA) is 61.8 Å². The predicted molar refractivity (Wildman–Crippen MR) is 71.6 cm³/mol. The highest BCUT2D eigenvalue weighted by Gasteiger charge is 2.27. The number of aliphatic imine (C=N–C) groups is 1. The van der Waals surface area contributed by atoms with Gasteiger partial charge in [0.2, 0.25) is 0 Å².